The molecule has 114 valence electrons. The van der Waals surface area contributed by atoms with E-state index in [0.717, 1.165) is 44.2 Å². The van der Waals surface area contributed by atoms with Crippen LogP contribution in [0, 0.1) is 5.82 Å². The van der Waals surface area contributed by atoms with E-state index in [-0.39, 0.29) is 17.3 Å². The van der Waals surface area contributed by atoms with E-state index in [0.29, 0.717) is 0 Å². The summed E-state index contributed by atoms with van der Waals surface area (Å²) in [6, 6.07) is 6.53. The molecule has 1 aromatic rings. The maximum absolute atomic E-state index is 13.5. The molecule has 0 aromatic heterocycles. The standard InChI is InChI=1S/C17H23FN2O/c1-20(2)12-16(9-10-16)19-15(21)17(7-4-8-17)13-5-3-6-14(18)11-13/h3,5-6,11H,4,7-10,12H2,1-2H3,(H,19,21). The molecule has 3 nitrogen and oxygen atoms in total. The van der Waals surface area contributed by atoms with Crippen molar-refractivity contribution in [3.8, 4) is 0 Å². The van der Waals surface area contributed by atoms with Gasteiger partial charge >= 0.3 is 0 Å². The minimum atomic E-state index is -0.510. The second-order valence-corrected chi connectivity index (χ2v) is 6.92. The molecule has 1 aromatic carbocycles. The summed E-state index contributed by atoms with van der Waals surface area (Å²) < 4.78 is 13.5. The number of carbonyl (C=O) groups excluding carboxylic acids is 1. The summed E-state index contributed by atoms with van der Waals surface area (Å²) in [5, 5.41) is 3.26. The summed E-state index contributed by atoms with van der Waals surface area (Å²) in [7, 11) is 4.05. The van der Waals surface area contributed by atoms with Crippen LogP contribution >= 0.6 is 0 Å². The van der Waals surface area contributed by atoms with Crippen molar-refractivity contribution in [1.82, 2.24) is 10.2 Å². The van der Waals surface area contributed by atoms with Crippen LogP contribution < -0.4 is 5.32 Å². The third-order valence-electron chi connectivity index (χ3n) is 4.87. The number of carbonyl (C=O) groups is 1. The Morgan fingerprint density at radius 3 is 2.48 bits per heavy atom. The number of halogens is 1. The molecule has 0 radical (unpaired) electrons. The van der Waals surface area contributed by atoms with Gasteiger partial charge in [0.25, 0.3) is 0 Å². The molecule has 0 spiro atoms. The highest BCUT2D eigenvalue weighted by Gasteiger charge is 2.51. The molecule has 3 rings (SSSR count). The minimum absolute atomic E-state index is 0.0590. The van der Waals surface area contributed by atoms with Gasteiger partial charge in [-0.1, -0.05) is 18.6 Å². The van der Waals surface area contributed by atoms with Gasteiger partial charge in [-0.05, 0) is 57.5 Å². The SMILES string of the molecule is CN(C)CC1(NC(=O)C2(c3cccc(F)c3)CCC2)CC1. The van der Waals surface area contributed by atoms with Crippen LogP contribution in [0.1, 0.15) is 37.7 Å². The van der Waals surface area contributed by atoms with Crippen LogP contribution in [0.15, 0.2) is 24.3 Å². The molecule has 0 unspecified atom stereocenters. The lowest BCUT2D eigenvalue weighted by atomic mass is 9.63. The summed E-state index contributed by atoms with van der Waals surface area (Å²) in [5.41, 5.74) is 0.257. The van der Waals surface area contributed by atoms with Crippen molar-refractivity contribution in [3.63, 3.8) is 0 Å². The molecule has 0 heterocycles. The zero-order chi connectivity index (χ0) is 15.1. The van der Waals surface area contributed by atoms with Gasteiger partial charge in [0.15, 0.2) is 0 Å². The summed E-state index contributed by atoms with van der Waals surface area (Å²) in [5.74, 6) is -0.181. The third kappa shape index (κ3) is 2.69. The highest BCUT2D eigenvalue weighted by atomic mass is 19.1. The van der Waals surface area contributed by atoms with Gasteiger partial charge in [-0.15, -0.1) is 0 Å². The van der Waals surface area contributed by atoms with Crippen LogP contribution in [0.5, 0.6) is 0 Å². The smallest absolute Gasteiger partial charge is 0.231 e. The third-order valence-corrected chi connectivity index (χ3v) is 4.87. The highest BCUT2D eigenvalue weighted by Crippen LogP contribution is 2.46. The number of hydrogen-bond acceptors (Lipinski definition) is 2. The minimum Gasteiger partial charge on any atom is -0.349 e. The summed E-state index contributed by atoms with van der Waals surface area (Å²) in [6.45, 7) is 0.873. The van der Waals surface area contributed by atoms with Crippen molar-refractivity contribution in [2.45, 2.75) is 43.1 Å². The predicted molar refractivity (Wildman–Crippen MR) is 80.6 cm³/mol. The van der Waals surface area contributed by atoms with E-state index in [1.807, 2.05) is 20.2 Å². The van der Waals surface area contributed by atoms with Crippen molar-refractivity contribution in [2.24, 2.45) is 0 Å². The Kier molecular flexibility index (Phi) is 3.52. The summed E-state index contributed by atoms with van der Waals surface area (Å²) in [6.07, 6.45) is 4.75. The van der Waals surface area contributed by atoms with Gasteiger partial charge in [0, 0.05) is 6.54 Å². The number of amides is 1. The van der Waals surface area contributed by atoms with Gasteiger partial charge in [-0.3, -0.25) is 4.79 Å². The number of benzene rings is 1. The van der Waals surface area contributed by atoms with Crippen molar-refractivity contribution in [3.05, 3.63) is 35.6 Å². The molecule has 0 aliphatic heterocycles. The second-order valence-electron chi connectivity index (χ2n) is 6.92. The van der Waals surface area contributed by atoms with Gasteiger partial charge in [-0.25, -0.2) is 4.39 Å². The first-order valence-electron chi connectivity index (χ1n) is 7.69. The Balaban J connectivity index is 1.79. The van der Waals surface area contributed by atoms with E-state index in [4.69, 9.17) is 0 Å². The Labute approximate surface area is 125 Å². The van der Waals surface area contributed by atoms with E-state index in [9.17, 15) is 9.18 Å². The van der Waals surface area contributed by atoms with E-state index in [2.05, 4.69) is 10.2 Å². The maximum Gasteiger partial charge on any atom is 0.231 e. The topological polar surface area (TPSA) is 32.3 Å². The molecule has 0 atom stereocenters. The van der Waals surface area contributed by atoms with Crippen LogP contribution in [0.3, 0.4) is 0 Å². The number of nitrogens with one attached hydrogen (secondary N) is 1. The predicted octanol–water partition coefficient (Wildman–Crippen LogP) is 2.46. The molecule has 2 fully saturated rings. The zero-order valence-corrected chi connectivity index (χ0v) is 12.8. The van der Waals surface area contributed by atoms with E-state index in [1.54, 1.807) is 6.07 Å². The molecule has 1 amide bonds. The zero-order valence-electron chi connectivity index (χ0n) is 12.8. The molecule has 2 aliphatic rings. The van der Waals surface area contributed by atoms with Gasteiger partial charge in [0.2, 0.25) is 5.91 Å². The van der Waals surface area contributed by atoms with Gasteiger partial charge in [0.05, 0.1) is 11.0 Å². The van der Waals surface area contributed by atoms with E-state index in [1.165, 1.54) is 12.1 Å². The molecular formula is C17H23FN2O. The molecule has 0 bridgehead atoms. The van der Waals surface area contributed by atoms with Gasteiger partial charge < -0.3 is 10.2 Å². The van der Waals surface area contributed by atoms with Gasteiger partial charge in [-0.2, -0.15) is 0 Å². The first-order chi connectivity index (χ1) is 9.96. The van der Waals surface area contributed by atoms with Crippen LogP contribution in [-0.2, 0) is 10.2 Å². The fourth-order valence-corrected chi connectivity index (χ4v) is 3.40. The lowest BCUT2D eigenvalue weighted by Gasteiger charge is -2.42. The summed E-state index contributed by atoms with van der Waals surface area (Å²) >= 11 is 0. The average molecular weight is 290 g/mol. The lowest BCUT2D eigenvalue weighted by molar-refractivity contribution is -0.131. The number of nitrogens with zero attached hydrogens (tertiary/aromatic N) is 1. The van der Waals surface area contributed by atoms with Crippen molar-refractivity contribution >= 4 is 5.91 Å². The number of rotatable bonds is 5. The lowest BCUT2D eigenvalue weighted by Crippen LogP contribution is -2.55. The molecule has 4 heteroatoms. The fraction of sp³-hybridized carbons (Fsp3) is 0.588. The Hall–Kier alpha value is -1.42. The second kappa shape index (κ2) is 5.09. The Morgan fingerprint density at radius 2 is 2.00 bits per heavy atom. The van der Waals surface area contributed by atoms with Crippen LogP contribution in [0.25, 0.3) is 0 Å². The Morgan fingerprint density at radius 1 is 1.29 bits per heavy atom. The monoisotopic (exact) mass is 290 g/mol. The average Bonchev–Trinajstić information content (AvgIpc) is 3.05. The molecule has 2 saturated carbocycles. The largest absolute Gasteiger partial charge is 0.349 e. The van der Waals surface area contributed by atoms with Crippen molar-refractivity contribution in [2.75, 3.05) is 20.6 Å². The quantitative estimate of drug-likeness (QED) is 0.903. The fourth-order valence-electron chi connectivity index (χ4n) is 3.40. The van der Waals surface area contributed by atoms with Crippen LogP contribution in [0.4, 0.5) is 4.39 Å². The number of hydrogen-bond donors (Lipinski definition) is 1. The normalized spacial score (nSPS) is 21.7. The number of likely N-dealkylation sites (N-methyl/N-ethyl adjacent to an activating group) is 1. The van der Waals surface area contributed by atoms with Crippen molar-refractivity contribution in [1.29, 1.82) is 0 Å². The van der Waals surface area contributed by atoms with E-state index >= 15 is 0 Å². The van der Waals surface area contributed by atoms with Gasteiger partial charge in [0.1, 0.15) is 5.82 Å². The first-order valence-corrected chi connectivity index (χ1v) is 7.69. The highest BCUT2D eigenvalue weighted by molar-refractivity contribution is 5.90. The molecular weight excluding hydrogens is 267 g/mol. The van der Waals surface area contributed by atoms with Crippen LogP contribution in [0.2, 0.25) is 0 Å². The first kappa shape index (κ1) is 14.5. The van der Waals surface area contributed by atoms with Crippen molar-refractivity contribution < 1.29 is 9.18 Å². The molecule has 1 N–H and O–H groups in total. The summed E-state index contributed by atoms with van der Waals surface area (Å²) in [4.78, 5) is 15.0. The Bertz CT molecular complexity index is 547. The maximum atomic E-state index is 13.5. The van der Waals surface area contributed by atoms with E-state index < -0.39 is 5.41 Å². The molecule has 21 heavy (non-hydrogen) atoms. The molecule has 0 saturated heterocycles. The molecule has 2 aliphatic carbocycles. The van der Waals surface area contributed by atoms with Crippen LogP contribution in [-0.4, -0.2) is 37.0 Å².